The van der Waals surface area contributed by atoms with Gasteiger partial charge in [-0.1, -0.05) is 65.2 Å². The molecule has 0 aromatic heterocycles. The van der Waals surface area contributed by atoms with Gasteiger partial charge in [0.05, 0.1) is 0 Å². The van der Waals surface area contributed by atoms with Crippen molar-refractivity contribution in [2.75, 3.05) is 21.1 Å². The van der Waals surface area contributed by atoms with Crippen LogP contribution in [-0.2, 0) is 0 Å². The lowest BCUT2D eigenvalue weighted by molar-refractivity contribution is 0.505. The Labute approximate surface area is 108 Å². The molecular weight excluding hydrogens is 250 g/mol. The number of halogens is 1. The second-order valence-electron chi connectivity index (χ2n) is 4.46. The average Bonchev–Trinajstić information content (AvgIpc) is 2.10. The van der Waals surface area contributed by atoms with Crippen molar-refractivity contribution in [2.24, 2.45) is 0 Å². The molecule has 0 aliphatic rings. The lowest BCUT2D eigenvalue weighted by Crippen LogP contribution is -1.99. The third kappa shape index (κ3) is 40.4. The SMILES string of the molecule is Br.CCCCCCCCCC.CN(C)C. The molecule has 0 N–H and O–H groups in total. The van der Waals surface area contributed by atoms with Crippen molar-refractivity contribution in [1.29, 1.82) is 0 Å². The highest BCUT2D eigenvalue weighted by atomic mass is 79.9. The van der Waals surface area contributed by atoms with Gasteiger partial charge in [-0.2, -0.15) is 0 Å². The van der Waals surface area contributed by atoms with Crippen LogP contribution in [0.5, 0.6) is 0 Å². The van der Waals surface area contributed by atoms with Crippen LogP contribution in [0.15, 0.2) is 0 Å². The molecule has 0 fully saturated rings. The Morgan fingerprint density at radius 1 is 0.600 bits per heavy atom. The summed E-state index contributed by atoms with van der Waals surface area (Å²) in [6.45, 7) is 4.54. The molecule has 0 aliphatic heterocycles. The molecule has 96 valence electrons. The zero-order valence-corrected chi connectivity index (χ0v) is 13.2. The third-order valence-electron chi connectivity index (χ3n) is 1.96. The van der Waals surface area contributed by atoms with Gasteiger partial charge in [-0.3, -0.25) is 0 Å². The first-order valence-corrected chi connectivity index (χ1v) is 6.26. The van der Waals surface area contributed by atoms with Crippen LogP contribution in [-0.4, -0.2) is 26.0 Å². The maximum atomic E-state index is 2.27. The molecule has 2 heteroatoms. The summed E-state index contributed by atoms with van der Waals surface area (Å²) in [5.74, 6) is 0. The second-order valence-corrected chi connectivity index (χ2v) is 4.46. The van der Waals surface area contributed by atoms with Gasteiger partial charge in [0.1, 0.15) is 0 Å². The molecule has 0 rings (SSSR count). The standard InChI is InChI=1S/C10H22.C3H9N.BrH/c1-3-5-7-9-10-8-6-4-2;1-4(2)3;/h3-10H2,1-2H3;1-3H3;1H. The number of nitrogens with zero attached hydrogens (tertiary/aromatic N) is 1. The van der Waals surface area contributed by atoms with Gasteiger partial charge in [0.25, 0.3) is 0 Å². The molecule has 0 aromatic carbocycles. The number of hydrogen-bond acceptors (Lipinski definition) is 1. The fraction of sp³-hybridized carbons (Fsp3) is 1.00. The maximum Gasteiger partial charge on any atom is -0.0140 e. The molecule has 15 heavy (non-hydrogen) atoms. The fourth-order valence-corrected chi connectivity index (χ4v) is 1.21. The molecule has 0 radical (unpaired) electrons. The largest absolute Gasteiger partial charge is 0.312 e. The van der Waals surface area contributed by atoms with Gasteiger partial charge in [0.15, 0.2) is 0 Å². The first-order valence-electron chi connectivity index (χ1n) is 6.26. The summed E-state index contributed by atoms with van der Waals surface area (Å²) in [6.07, 6.45) is 11.5. The minimum absolute atomic E-state index is 0. The van der Waals surface area contributed by atoms with Gasteiger partial charge in [0.2, 0.25) is 0 Å². The van der Waals surface area contributed by atoms with Crippen LogP contribution in [0, 0.1) is 0 Å². The molecule has 0 unspecified atom stereocenters. The summed E-state index contributed by atoms with van der Waals surface area (Å²) in [7, 11) is 6.00. The zero-order valence-electron chi connectivity index (χ0n) is 11.5. The van der Waals surface area contributed by atoms with E-state index in [0.29, 0.717) is 0 Å². The Bertz CT molecular complexity index is 73.9. The van der Waals surface area contributed by atoms with E-state index in [9.17, 15) is 0 Å². The molecule has 0 saturated carbocycles. The monoisotopic (exact) mass is 281 g/mol. The van der Waals surface area contributed by atoms with E-state index in [0.717, 1.165) is 0 Å². The van der Waals surface area contributed by atoms with E-state index in [2.05, 4.69) is 13.8 Å². The molecule has 0 aliphatic carbocycles. The molecular formula is C13H32BrN. The summed E-state index contributed by atoms with van der Waals surface area (Å²) >= 11 is 0. The van der Waals surface area contributed by atoms with Gasteiger partial charge in [-0.05, 0) is 21.1 Å². The minimum Gasteiger partial charge on any atom is -0.312 e. The Hall–Kier alpha value is 0.440. The first-order chi connectivity index (χ1) is 6.65. The van der Waals surface area contributed by atoms with Crippen LogP contribution >= 0.6 is 17.0 Å². The Morgan fingerprint density at radius 2 is 0.800 bits per heavy atom. The highest BCUT2D eigenvalue weighted by Crippen LogP contribution is 2.07. The van der Waals surface area contributed by atoms with Crippen molar-refractivity contribution in [3.63, 3.8) is 0 Å². The summed E-state index contributed by atoms with van der Waals surface area (Å²) < 4.78 is 0. The van der Waals surface area contributed by atoms with Gasteiger partial charge >= 0.3 is 0 Å². The highest BCUT2D eigenvalue weighted by molar-refractivity contribution is 8.93. The van der Waals surface area contributed by atoms with E-state index in [1.807, 2.05) is 26.0 Å². The third-order valence-corrected chi connectivity index (χ3v) is 1.96. The normalized spacial score (nSPS) is 9.20. The second kappa shape index (κ2) is 19.9. The Balaban J connectivity index is -0.000000249. The quantitative estimate of drug-likeness (QED) is 0.600. The zero-order chi connectivity index (χ0) is 11.2. The van der Waals surface area contributed by atoms with Crippen molar-refractivity contribution in [3.8, 4) is 0 Å². The number of unbranched alkanes of at least 4 members (excludes halogenated alkanes) is 7. The van der Waals surface area contributed by atoms with Crippen LogP contribution in [0.2, 0.25) is 0 Å². The molecule has 0 aromatic rings. The van der Waals surface area contributed by atoms with Gasteiger partial charge in [-0.25, -0.2) is 0 Å². The van der Waals surface area contributed by atoms with Crippen molar-refractivity contribution in [2.45, 2.75) is 65.2 Å². The summed E-state index contributed by atoms with van der Waals surface area (Å²) in [6, 6.07) is 0. The van der Waals surface area contributed by atoms with Gasteiger partial charge in [0, 0.05) is 0 Å². The highest BCUT2D eigenvalue weighted by Gasteiger charge is 1.87. The topological polar surface area (TPSA) is 3.24 Å². The number of rotatable bonds is 7. The predicted octanol–water partition coefficient (Wildman–Crippen LogP) is 4.90. The fourth-order valence-electron chi connectivity index (χ4n) is 1.21. The van der Waals surface area contributed by atoms with Crippen molar-refractivity contribution < 1.29 is 0 Å². The van der Waals surface area contributed by atoms with Crippen molar-refractivity contribution in [1.82, 2.24) is 4.90 Å². The van der Waals surface area contributed by atoms with Crippen LogP contribution in [0.3, 0.4) is 0 Å². The van der Waals surface area contributed by atoms with E-state index < -0.39 is 0 Å². The van der Waals surface area contributed by atoms with Crippen LogP contribution in [0.25, 0.3) is 0 Å². The van der Waals surface area contributed by atoms with E-state index in [4.69, 9.17) is 0 Å². The molecule has 0 atom stereocenters. The maximum absolute atomic E-state index is 2.27. The lowest BCUT2D eigenvalue weighted by atomic mass is 10.1. The lowest BCUT2D eigenvalue weighted by Gasteiger charge is -1.97. The summed E-state index contributed by atoms with van der Waals surface area (Å²) in [5.41, 5.74) is 0. The van der Waals surface area contributed by atoms with Gasteiger partial charge in [-0.15, -0.1) is 17.0 Å². The van der Waals surface area contributed by atoms with E-state index in [-0.39, 0.29) is 17.0 Å². The van der Waals surface area contributed by atoms with E-state index in [1.54, 1.807) is 0 Å². The van der Waals surface area contributed by atoms with Crippen LogP contribution in [0.4, 0.5) is 0 Å². The minimum atomic E-state index is 0. The average molecular weight is 282 g/mol. The number of hydrogen-bond donors (Lipinski definition) is 0. The molecule has 1 nitrogen and oxygen atoms in total. The molecule has 0 spiro atoms. The Morgan fingerprint density at radius 3 is 1.00 bits per heavy atom. The molecule has 0 heterocycles. The van der Waals surface area contributed by atoms with Crippen LogP contribution < -0.4 is 0 Å². The Kier molecular flexibility index (Phi) is 27.6. The van der Waals surface area contributed by atoms with Crippen LogP contribution in [0.1, 0.15) is 65.2 Å². The van der Waals surface area contributed by atoms with E-state index >= 15 is 0 Å². The smallest absolute Gasteiger partial charge is 0.0140 e. The predicted molar refractivity (Wildman–Crippen MR) is 78.2 cm³/mol. The van der Waals surface area contributed by atoms with E-state index in [1.165, 1.54) is 51.4 Å². The van der Waals surface area contributed by atoms with Crippen molar-refractivity contribution in [3.05, 3.63) is 0 Å². The molecule has 0 bridgehead atoms. The molecule has 0 amide bonds. The first kappa shape index (κ1) is 20.8. The van der Waals surface area contributed by atoms with Crippen molar-refractivity contribution >= 4 is 17.0 Å². The summed E-state index contributed by atoms with van der Waals surface area (Å²) in [5, 5.41) is 0. The summed E-state index contributed by atoms with van der Waals surface area (Å²) in [4.78, 5) is 2.00. The van der Waals surface area contributed by atoms with Gasteiger partial charge < -0.3 is 4.90 Å². The molecule has 0 saturated heterocycles.